The monoisotopic (exact) mass is 362 g/mol. The van der Waals surface area contributed by atoms with Gasteiger partial charge in [0.05, 0.1) is 11.1 Å². The first-order valence-corrected chi connectivity index (χ1v) is 8.20. The summed E-state index contributed by atoms with van der Waals surface area (Å²) in [5.41, 5.74) is 1.38. The van der Waals surface area contributed by atoms with Crippen molar-refractivity contribution in [1.82, 2.24) is 25.5 Å². The fraction of sp³-hybridized carbons (Fsp3) is 0.111. The highest BCUT2D eigenvalue weighted by molar-refractivity contribution is 6.23. The second-order valence-electron chi connectivity index (χ2n) is 5.96. The minimum atomic E-state index is -1.06. The predicted octanol–water partition coefficient (Wildman–Crippen LogP) is 1.05. The van der Waals surface area contributed by atoms with Gasteiger partial charge in [0.25, 0.3) is 17.8 Å². The number of hydrogen-bond donors (Lipinski definition) is 2. The Bertz CT molecular complexity index is 968. The molecule has 0 saturated carbocycles. The molecule has 1 aromatic heterocycles. The third-order valence-corrected chi connectivity index (χ3v) is 4.29. The van der Waals surface area contributed by atoms with Crippen LogP contribution in [0.5, 0.6) is 0 Å². The molecular weight excluding hydrogens is 348 g/mol. The largest absolute Gasteiger partial charge is 0.290 e. The number of tetrazole rings is 1. The van der Waals surface area contributed by atoms with Crippen LogP contribution in [0.1, 0.15) is 26.3 Å². The second kappa shape index (κ2) is 6.79. The lowest BCUT2D eigenvalue weighted by Crippen LogP contribution is -2.48. The Kier molecular flexibility index (Phi) is 4.17. The topological polar surface area (TPSA) is 121 Å². The number of rotatable bonds is 5. The van der Waals surface area contributed by atoms with Gasteiger partial charge in [-0.15, -0.1) is 5.10 Å². The van der Waals surface area contributed by atoms with E-state index in [4.69, 9.17) is 0 Å². The third-order valence-electron chi connectivity index (χ3n) is 4.29. The van der Waals surface area contributed by atoms with Gasteiger partial charge in [-0.2, -0.15) is 5.21 Å². The van der Waals surface area contributed by atoms with Crippen LogP contribution in [0.2, 0.25) is 0 Å². The minimum absolute atomic E-state index is 0.0327. The Morgan fingerprint density at radius 2 is 1.63 bits per heavy atom. The van der Waals surface area contributed by atoms with Crippen LogP contribution in [-0.2, 0) is 11.2 Å². The molecule has 0 aliphatic carbocycles. The Balaban J connectivity index is 1.68. The summed E-state index contributed by atoms with van der Waals surface area (Å²) in [7, 11) is 0. The summed E-state index contributed by atoms with van der Waals surface area (Å²) in [6, 6.07) is 14.6. The lowest BCUT2D eigenvalue weighted by molar-refractivity contribution is -0.120. The summed E-state index contributed by atoms with van der Waals surface area (Å²) < 4.78 is 0. The molecule has 134 valence electrons. The fourth-order valence-corrected chi connectivity index (χ4v) is 3.04. The van der Waals surface area contributed by atoms with Crippen LogP contribution in [0, 0.1) is 0 Å². The first-order chi connectivity index (χ1) is 13.1. The van der Waals surface area contributed by atoms with Crippen molar-refractivity contribution in [2.75, 3.05) is 5.32 Å². The van der Waals surface area contributed by atoms with Crippen LogP contribution in [0.3, 0.4) is 0 Å². The minimum Gasteiger partial charge on any atom is -0.290 e. The summed E-state index contributed by atoms with van der Waals surface area (Å²) in [5, 5.41) is 15.5. The number of anilines is 1. The quantitative estimate of drug-likeness (QED) is 0.654. The van der Waals surface area contributed by atoms with Gasteiger partial charge in [-0.05, 0) is 22.9 Å². The van der Waals surface area contributed by atoms with Gasteiger partial charge in [-0.1, -0.05) is 47.6 Å². The van der Waals surface area contributed by atoms with E-state index >= 15 is 0 Å². The Morgan fingerprint density at radius 3 is 2.22 bits per heavy atom. The van der Waals surface area contributed by atoms with Crippen LogP contribution in [0.25, 0.3) is 0 Å². The standard InChI is InChI=1S/C18H14N6O3/c25-15(19-18-20-22-23-21-18)14(10-11-6-2-1-3-7-11)24-16(26)12-8-4-5-9-13(12)17(24)27/h1-9,14H,10H2,(H2,19,20,21,22,23,25)/t14-/m0/s1. The van der Waals surface area contributed by atoms with Crippen molar-refractivity contribution in [3.63, 3.8) is 0 Å². The summed E-state index contributed by atoms with van der Waals surface area (Å²) in [5.74, 6) is -1.61. The van der Waals surface area contributed by atoms with Gasteiger partial charge >= 0.3 is 0 Å². The van der Waals surface area contributed by atoms with Crippen molar-refractivity contribution >= 4 is 23.7 Å². The van der Waals surface area contributed by atoms with Crippen LogP contribution in [0.15, 0.2) is 54.6 Å². The number of amides is 3. The van der Waals surface area contributed by atoms with E-state index in [1.807, 2.05) is 30.3 Å². The molecule has 2 aromatic carbocycles. The molecule has 2 N–H and O–H groups in total. The molecular formula is C18H14N6O3. The van der Waals surface area contributed by atoms with Crippen molar-refractivity contribution in [2.45, 2.75) is 12.5 Å². The van der Waals surface area contributed by atoms with Crippen LogP contribution in [0.4, 0.5) is 5.95 Å². The number of aromatic nitrogens is 4. The maximum absolute atomic E-state index is 12.9. The highest BCUT2D eigenvalue weighted by Crippen LogP contribution is 2.26. The predicted molar refractivity (Wildman–Crippen MR) is 93.7 cm³/mol. The number of nitrogens with one attached hydrogen (secondary N) is 2. The Hall–Kier alpha value is -3.88. The lowest BCUT2D eigenvalue weighted by Gasteiger charge is -2.25. The van der Waals surface area contributed by atoms with Crippen molar-refractivity contribution in [3.05, 3.63) is 71.3 Å². The van der Waals surface area contributed by atoms with Gasteiger partial charge < -0.3 is 0 Å². The first kappa shape index (κ1) is 16.6. The average molecular weight is 362 g/mol. The van der Waals surface area contributed by atoms with Gasteiger partial charge in [0.15, 0.2) is 0 Å². The molecule has 1 aliphatic rings. The maximum Gasteiger partial charge on any atom is 0.269 e. The molecule has 2 heterocycles. The summed E-state index contributed by atoms with van der Waals surface area (Å²) in [6.45, 7) is 0. The van der Waals surface area contributed by atoms with Crippen molar-refractivity contribution < 1.29 is 14.4 Å². The van der Waals surface area contributed by atoms with Crippen LogP contribution >= 0.6 is 0 Å². The van der Waals surface area contributed by atoms with E-state index in [0.717, 1.165) is 10.5 Å². The van der Waals surface area contributed by atoms with E-state index in [1.165, 1.54) is 0 Å². The molecule has 4 rings (SSSR count). The number of benzene rings is 2. The molecule has 0 radical (unpaired) electrons. The van der Waals surface area contributed by atoms with E-state index in [9.17, 15) is 14.4 Å². The summed E-state index contributed by atoms with van der Waals surface area (Å²) >= 11 is 0. The average Bonchev–Trinajstić information content (AvgIpc) is 3.28. The van der Waals surface area contributed by atoms with Gasteiger partial charge in [-0.3, -0.25) is 24.6 Å². The smallest absolute Gasteiger partial charge is 0.269 e. The van der Waals surface area contributed by atoms with Gasteiger partial charge in [0.1, 0.15) is 6.04 Å². The SMILES string of the molecule is O=C(Nc1nn[nH]n1)[C@H](Cc1ccccc1)N1C(=O)c2ccccc2C1=O. The first-order valence-electron chi connectivity index (χ1n) is 8.20. The third kappa shape index (κ3) is 3.06. The Labute approximate surface area is 153 Å². The Morgan fingerprint density at radius 1 is 1.00 bits per heavy atom. The molecule has 27 heavy (non-hydrogen) atoms. The van der Waals surface area contributed by atoms with Crippen LogP contribution in [-0.4, -0.2) is 49.3 Å². The number of nitrogens with zero attached hydrogens (tertiary/aromatic N) is 4. The zero-order valence-electron chi connectivity index (χ0n) is 14.0. The fourth-order valence-electron chi connectivity index (χ4n) is 3.04. The number of imide groups is 1. The van der Waals surface area contributed by atoms with Crippen molar-refractivity contribution in [2.24, 2.45) is 0 Å². The van der Waals surface area contributed by atoms with E-state index in [0.29, 0.717) is 0 Å². The number of hydrogen-bond acceptors (Lipinski definition) is 6. The number of H-pyrrole nitrogens is 1. The molecule has 9 nitrogen and oxygen atoms in total. The summed E-state index contributed by atoms with van der Waals surface area (Å²) in [4.78, 5) is 39.5. The molecule has 0 spiro atoms. The molecule has 3 amide bonds. The van der Waals surface area contributed by atoms with Gasteiger partial charge in [-0.25, -0.2) is 0 Å². The number of carbonyl (C=O) groups is 3. The van der Waals surface area contributed by atoms with E-state index in [-0.39, 0.29) is 23.5 Å². The van der Waals surface area contributed by atoms with Crippen molar-refractivity contribution in [1.29, 1.82) is 0 Å². The van der Waals surface area contributed by atoms with Crippen molar-refractivity contribution in [3.8, 4) is 0 Å². The molecule has 0 fully saturated rings. The van der Waals surface area contributed by atoms with E-state index < -0.39 is 23.8 Å². The zero-order chi connectivity index (χ0) is 18.8. The summed E-state index contributed by atoms with van der Waals surface area (Å²) in [6.07, 6.45) is 0.163. The molecule has 1 atom stereocenters. The number of aromatic amines is 1. The lowest BCUT2D eigenvalue weighted by atomic mass is 10.0. The molecule has 1 aliphatic heterocycles. The zero-order valence-corrected chi connectivity index (χ0v) is 14.0. The highest BCUT2D eigenvalue weighted by Gasteiger charge is 2.42. The molecule has 0 saturated heterocycles. The van der Waals surface area contributed by atoms with Crippen LogP contribution < -0.4 is 5.32 Å². The van der Waals surface area contributed by atoms with Gasteiger partial charge in [0.2, 0.25) is 5.91 Å². The second-order valence-corrected chi connectivity index (χ2v) is 5.96. The number of carbonyl (C=O) groups excluding carboxylic acids is 3. The van der Waals surface area contributed by atoms with Gasteiger partial charge in [0, 0.05) is 6.42 Å². The normalized spacial score (nSPS) is 14.1. The van der Waals surface area contributed by atoms with E-state index in [2.05, 4.69) is 25.9 Å². The highest BCUT2D eigenvalue weighted by atomic mass is 16.2. The molecule has 0 bridgehead atoms. The molecule has 0 unspecified atom stereocenters. The maximum atomic E-state index is 12.9. The molecule has 3 aromatic rings. The molecule has 9 heteroatoms. The number of fused-ring (bicyclic) bond motifs is 1. The van der Waals surface area contributed by atoms with E-state index in [1.54, 1.807) is 24.3 Å².